The van der Waals surface area contributed by atoms with Gasteiger partial charge < -0.3 is 19.7 Å². The standard InChI is InChI=1S/C28H38ClNO4/c1-21-16-25(17-22(2)26(21)29)34-20-28(32)12-14-30(15-13-28)18-23-6-8-24(9-7-23)33-19-27(31)10-4-3-5-11-27/h6-9,16-17,31-32H,3-5,10-15,18-20H2,1-2H3. The molecule has 1 saturated carbocycles. The summed E-state index contributed by atoms with van der Waals surface area (Å²) in [6.07, 6.45) is 6.38. The monoisotopic (exact) mass is 487 g/mol. The van der Waals surface area contributed by atoms with E-state index < -0.39 is 11.2 Å². The summed E-state index contributed by atoms with van der Waals surface area (Å²) in [6, 6.07) is 12.0. The molecule has 1 aliphatic carbocycles. The van der Waals surface area contributed by atoms with Gasteiger partial charge in [-0.15, -0.1) is 0 Å². The Hall–Kier alpha value is -1.79. The molecular weight excluding hydrogens is 450 g/mol. The molecule has 0 unspecified atom stereocenters. The summed E-state index contributed by atoms with van der Waals surface area (Å²) in [5.74, 6) is 1.56. The van der Waals surface area contributed by atoms with Crippen molar-refractivity contribution in [3.05, 3.63) is 58.1 Å². The highest BCUT2D eigenvalue weighted by molar-refractivity contribution is 6.32. The van der Waals surface area contributed by atoms with Crippen LogP contribution in [0.4, 0.5) is 0 Å². The predicted molar refractivity (Wildman–Crippen MR) is 136 cm³/mol. The number of ether oxygens (including phenoxy) is 2. The molecule has 0 aromatic heterocycles. The SMILES string of the molecule is Cc1cc(OCC2(O)CCN(Cc3ccc(OCC4(O)CCCCC4)cc3)CC2)cc(C)c1Cl. The third-order valence-corrected chi connectivity index (χ3v) is 7.92. The molecule has 2 N–H and O–H groups in total. The molecule has 0 atom stereocenters. The second-order valence-electron chi connectivity index (χ2n) is 10.4. The number of aliphatic hydroxyl groups is 2. The van der Waals surface area contributed by atoms with E-state index in [9.17, 15) is 10.2 Å². The maximum absolute atomic E-state index is 11.0. The minimum Gasteiger partial charge on any atom is -0.491 e. The summed E-state index contributed by atoms with van der Waals surface area (Å²) < 4.78 is 11.8. The summed E-state index contributed by atoms with van der Waals surface area (Å²) in [7, 11) is 0. The number of hydrogen-bond donors (Lipinski definition) is 2. The molecule has 34 heavy (non-hydrogen) atoms. The maximum Gasteiger partial charge on any atom is 0.120 e. The van der Waals surface area contributed by atoms with Gasteiger partial charge in [-0.25, -0.2) is 0 Å². The average molecular weight is 488 g/mol. The molecule has 2 aromatic carbocycles. The van der Waals surface area contributed by atoms with Crippen molar-refractivity contribution >= 4 is 11.6 Å². The minimum absolute atomic E-state index is 0.291. The highest BCUT2D eigenvalue weighted by atomic mass is 35.5. The quantitative estimate of drug-likeness (QED) is 0.519. The van der Waals surface area contributed by atoms with Crippen molar-refractivity contribution in [1.82, 2.24) is 4.90 Å². The van der Waals surface area contributed by atoms with Crippen LogP contribution in [0, 0.1) is 13.8 Å². The van der Waals surface area contributed by atoms with Crippen molar-refractivity contribution in [3.63, 3.8) is 0 Å². The fourth-order valence-electron chi connectivity index (χ4n) is 5.00. The number of halogens is 1. The number of rotatable bonds is 8. The van der Waals surface area contributed by atoms with Crippen molar-refractivity contribution in [3.8, 4) is 11.5 Å². The fourth-order valence-corrected chi connectivity index (χ4v) is 5.11. The van der Waals surface area contributed by atoms with Crippen molar-refractivity contribution in [2.45, 2.75) is 76.5 Å². The van der Waals surface area contributed by atoms with E-state index in [1.807, 2.05) is 38.1 Å². The highest BCUT2D eigenvalue weighted by Crippen LogP contribution is 2.30. The molecular formula is C28H38ClNO4. The first-order valence-electron chi connectivity index (χ1n) is 12.5. The summed E-state index contributed by atoms with van der Waals surface area (Å²) in [5, 5.41) is 22.4. The van der Waals surface area contributed by atoms with E-state index in [0.717, 1.165) is 73.0 Å². The van der Waals surface area contributed by atoms with Crippen molar-refractivity contribution in [1.29, 1.82) is 0 Å². The van der Waals surface area contributed by atoms with Crippen molar-refractivity contribution < 1.29 is 19.7 Å². The van der Waals surface area contributed by atoms with Gasteiger partial charge in [0, 0.05) is 24.7 Å². The van der Waals surface area contributed by atoms with Crippen LogP contribution in [0.3, 0.4) is 0 Å². The van der Waals surface area contributed by atoms with Crippen LogP contribution in [0.5, 0.6) is 11.5 Å². The van der Waals surface area contributed by atoms with Gasteiger partial charge in [0.1, 0.15) is 30.3 Å². The summed E-state index contributed by atoms with van der Waals surface area (Å²) >= 11 is 6.24. The first-order valence-corrected chi connectivity index (χ1v) is 12.9. The molecule has 1 saturated heterocycles. The number of nitrogens with zero attached hydrogens (tertiary/aromatic N) is 1. The van der Waals surface area contributed by atoms with Crippen LogP contribution in [0.2, 0.25) is 5.02 Å². The molecule has 0 spiro atoms. The first kappa shape index (κ1) is 25.3. The first-order chi connectivity index (χ1) is 16.2. The van der Waals surface area contributed by atoms with Gasteiger partial charge in [-0.3, -0.25) is 4.90 Å². The van der Waals surface area contributed by atoms with E-state index in [4.69, 9.17) is 21.1 Å². The van der Waals surface area contributed by atoms with Gasteiger partial charge in [0.15, 0.2) is 0 Å². The van der Waals surface area contributed by atoms with Gasteiger partial charge >= 0.3 is 0 Å². The number of likely N-dealkylation sites (tertiary alicyclic amines) is 1. The molecule has 2 fully saturated rings. The van der Waals surface area contributed by atoms with E-state index in [1.165, 1.54) is 12.0 Å². The molecule has 2 aromatic rings. The van der Waals surface area contributed by atoms with E-state index in [-0.39, 0.29) is 0 Å². The summed E-state index contributed by atoms with van der Waals surface area (Å²) in [4.78, 5) is 2.37. The number of piperidine rings is 1. The molecule has 0 amide bonds. The Morgan fingerprint density at radius 3 is 1.91 bits per heavy atom. The lowest BCUT2D eigenvalue weighted by atomic mass is 9.85. The van der Waals surface area contributed by atoms with Crippen LogP contribution in [-0.2, 0) is 6.54 Å². The Labute approximate surface area is 208 Å². The Kier molecular flexibility index (Phi) is 8.08. The number of aryl methyl sites for hydroxylation is 2. The fraction of sp³-hybridized carbons (Fsp3) is 0.571. The summed E-state index contributed by atoms with van der Waals surface area (Å²) in [5.41, 5.74) is 1.71. The van der Waals surface area contributed by atoms with E-state index in [0.29, 0.717) is 26.1 Å². The predicted octanol–water partition coefficient (Wildman–Crippen LogP) is 5.44. The smallest absolute Gasteiger partial charge is 0.120 e. The largest absolute Gasteiger partial charge is 0.491 e. The second-order valence-corrected chi connectivity index (χ2v) is 10.8. The highest BCUT2D eigenvalue weighted by Gasteiger charge is 2.33. The Balaban J connectivity index is 1.22. The topological polar surface area (TPSA) is 62.2 Å². The van der Waals surface area contributed by atoms with E-state index in [1.54, 1.807) is 0 Å². The van der Waals surface area contributed by atoms with E-state index in [2.05, 4.69) is 17.0 Å². The van der Waals surface area contributed by atoms with Gasteiger partial charge in [-0.05, 0) is 80.5 Å². The van der Waals surface area contributed by atoms with Crippen LogP contribution < -0.4 is 9.47 Å². The lowest BCUT2D eigenvalue weighted by molar-refractivity contribution is -0.0537. The molecule has 186 valence electrons. The second kappa shape index (κ2) is 10.9. The third-order valence-electron chi connectivity index (χ3n) is 7.33. The number of benzene rings is 2. The van der Waals surface area contributed by atoms with E-state index >= 15 is 0 Å². The molecule has 6 heteroatoms. The zero-order chi connectivity index (χ0) is 24.2. The molecule has 1 aliphatic heterocycles. The molecule has 0 radical (unpaired) electrons. The Morgan fingerprint density at radius 1 is 0.794 bits per heavy atom. The van der Waals surface area contributed by atoms with Crippen LogP contribution in [0.15, 0.2) is 36.4 Å². The maximum atomic E-state index is 11.0. The normalized spacial score (nSPS) is 20.1. The summed E-state index contributed by atoms with van der Waals surface area (Å²) in [6.45, 7) is 7.08. The lowest BCUT2D eigenvalue weighted by Gasteiger charge is -2.38. The lowest BCUT2D eigenvalue weighted by Crippen LogP contribution is -2.47. The molecule has 0 bridgehead atoms. The van der Waals surface area contributed by atoms with Gasteiger partial charge in [0.25, 0.3) is 0 Å². The van der Waals surface area contributed by atoms with Crippen LogP contribution in [0.25, 0.3) is 0 Å². The zero-order valence-corrected chi connectivity index (χ0v) is 21.2. The Morgan fingerprint density at radius 2 is 1.32 bits per heavy atom. The molecule has 4 rings (SSSR count). The zero-order valence-electron chi connectivity index (χ0n) is 20.5. The van der Waals surface area contributed by atoms with Gasteiger partial charge in [0.2, 0.25) is 0 Å². The minimum atomic E-state index is -0.811. The molecule has 1 heterocycles. The van der Waals surface area contributed by atoms with Crippen LogP contribution in [-0.4, -0.2) is 52.6 Å². The van der Waals surface area contributed by atoms with Gasteiger partial charge in [-0.2, -0.15) is 0 Å². The molecule has 2 aliphatic rings. The van der Waals surface area contributed by atoms with Crippen LogP contribution in [0.1, 0.15) is 61.6 Å². The average Bonchev–Trinajstić information content (AvgIpc) is 2.83. The van der Waals surface area contributed by atoms with Crippen molar-refractivity contribution in [2.75, 3.05) is 26.3 Å². The molecule has 5 nitrogen and oxygen atoms in total. The number of hydrogen-bond acceptors (Lipinski definition) is 5. The van der Waals surface area contributed by atoms with Crippen LogP contribution >= 0.6 is 11.6 Å². The van der Waals surface area contributed by atoms with Gasteiger partial charge in [-0.1, -0.05) is 43.0 Å². The third kappa shape index (κ3) is 6.66. The Bertz CT molecular complexity index is 924. The van der Waals surface area contributed by atoms with Crippen molar-refractivity contribution in [2.24, 2.45) is 0 Å². The van der Waals surface area contributed by atoms with Gasteiger partial charge in [0.05, 0.1) is 5.60 Å².